The zero-order chi connectivity index (χ0) is 13.7. The van der Waals surface area contributed by atoms with Gasteiger partial charge in [0.1, 0.15) is 5.58 Å². The summed E-state index contributed by atoms with van der Waals surface area (Å²) in [5.41, 5.74) is 0.478. The van der Waals surface area contributed by atoms with Crippen molar-refractivity contribution >= 4 is 22.4 Å². The minimum atomic E-state index is -0.478. The van der Waals surface area contributed by atoms with E-state index >= 15 is 0 Å². The van der Waals surface area contributed by atoms with Crippen molar-refractivity contribution in [1.82, 2.24) is 0 Å². The van der Waals surface area contributed by atoms with Gasteiger partial charge in [-0.15, -0.1) is 0 Å². The maximum atomic E-state index is 11.4. The van der Waals surface area contributed by atoms with Gasteiger partial charge in [-0.3, -0.25) is 14.9 Å². The molecule has 5 heteroatoms. The Labute approximate surface area is 105 Å². The van der Waals surface area contributed by atoms with E-state index in [4.69, 9.17) is 4.42 Å². The number of nitrogens with zero attached hydrogens (tertiary/aromatic N) is 1. The molecule has 0 aliphatic rings. The van der Waals surface area contributed by atoms with Crippen LogP contribution in [0.2, 0.25) is 0 Å². The molecule has 0 aliphatic carbocycles. The molecule has 0 unspecified atom stereocenters. The van der Waals surface area contributed by atoms with Crippen molar-refractivity contribution in [2.24, 2.45) is 0 Å². The van der Waals surface area contributed by atoms with Gasteiger partial charge in [-0.2, -0.15) is 0 Å². The molecular weight excluding hydrogens is 234 g/mol. The maximum absolute atomic E-state index is 11.4. The van der Waals surface area contributed by atoms with Crippen molar-refractivity contribution in [3.8, 4) is 0 Å². The lowest BCUT2D eigenvalue weighted by Crippen LogP contribution is -1.92. The molecule has 1 aromatic heterocycles. The maximum Gasteiger partial charge on any atom is 0.270 e. The summed E-state index contributed by atoms with van der Waals surface area (Å²) in [6.45, 7) is 5.73. The number of ketones is 1. The number of non-ortho nitro benzene ring substituents is 1. The molecule has 5 nitrogen and oxygen atoms in total. The number of carbonyl (C=O) groups is 1. The highest BCUT2D eigenvalue weighted by Crippen LogP contribution is 2.24. The van der Waals surface area contributed by atoms with E-state index in [2.05, 4.69) is 0 Å². The third kappa shape index (κ3) is 2.74. The molecule has 0 N–H and O–H groups in total. The predicted molar refractivity (Wildman–Crippen MR) is 68.8 cm³/mol. The van der Waals surface area contributed by atoms with Crippen LogP contribution in [0.3, 0.4) is 0 Å². The molecule has 0 atom stereocenters. The number of hydrogen-bond donors (Lipinski definition) is 0. The van der Waals surface area contributed by atoms with E-state index in [1.807, 2.05) is 13.8 Å². The molecule has 1 heterocycles. The molecule has 0 saturated carbocycles. The molecule has 96 valence electrons. The highest BCUT2D eigenvalue weighted by molar-refractivity contribution is 5.97. The fourth-order valence-corrected chi connectivity index (χ4v) is 1.46. The number of rotatable bonds is 3. The van der Waals surface area contributed by atoms with Gasteiger partial charge in [0.05, 0.1) is 4.92 Å². The zero-order valence-corrected chi connectivity index (χ0v) is 10.6. The fourth-order valence-electron chi connectivity index (χ4n) is 1.46. The molecule has 18 heavy (non-hydrogen) atoms. The molecule has 2 rings (SSSR count). The van der Waals surface area contributed by atoms with E-state index in [0.717, 1.165) is 0 Å². The van der Waals surface area contributed by atoms with Gasteiger partial charge >= 0.3 is 0 Å². The lowest BCUT2D eigenvalue weighted by Gasteiger charge is -1.89. The SMILES string of the molecule is CC.CCC(=O)c1cc2cc([N+](=O)[O-])ccc2o1. The fraction of sp³-hybridized carbons (Fsp3) is 0.308. The number of Topliss-reactive ketones (excluding diaryl/α,β-unsaturated/α-hetero) is 1. The average Bonchev–Trinajstić information content (AvgIpc) is 2.82. The molecule has 0 aliphatic heterocycles. The van der Waals surface area contributed by atoms with Crippen LogP contribution in [0.1, 0.15) is 37.7 Å². The van der Waals surface area contributed by atoms with Crippen LogP contribution in [0, 0.1) is 10.1 Å². The summed E-state index contributed by atoms with van der Waals surface area (Å²) in [7, 11) is 0. The number of benzene rings is 1. The first-order valence-electron chi connectivity index (χ1n) is 5.83. The van der Waals surface area contributed by atoms with Gasteiger partial charge in [0.15, 0.2) is 11.5 Å². The highest BCUT2D eigenvalue weighted by atomic mass is 16.6. The van der Waals surface area contributed by atoms with Gasteiger partial charge in [0.25, 0.3) is 5.69 Å². The molecule has 0 fully saturated rings. The molecule has 0 amide bonds. The number of nitro benzene ring substituents is 1. The molecular formula is C13H15NO4. The second kappa shape index (κ2) is 5.95. The summed E-state index contributed by atoms with van der Waals surface area (Å²) in [5, 5.41) is 11.1. The first-order chi connectivity index (χ1) is 8.61. The largest absolute Gasteiger partial charge is 0.453 e. The summed E-state index contributed by atoms with van der Waals surface area (Å²) in [5.74, 6) is 0.136. The summed E-state index contributed by atoms with van der Waals surface area (Å²) >= 11 is 0. The van der Waals surface area contributed by atoms with Crippen LogP contribution in [0.4, 0.5) is 5.69 Å². The molecule has 0 bridgehead atoms. The van der Waals surface area contributed by atoms with Crippen LogP contribution in [-0.4, -0.2) is 10.7 Å². The Morgan fingerprint density at radius 3 is 2.56 bits per heavy atom. The lowest BCUT2D eigenvalue weighted by atomic mass is 10.2. The van der Waals surface area contributed by atoms with Crippen LogP contribution in [0.5, 0.6) is 0 Å². The Morgan fingerprint density at radius 1 is 1.33 bits per heavy atom. The standard InChI is InChI=1S/C11H9NO4.C2H6/c1-2-9(13)11-6-7-5-8(12(14)15)3-4-10(7)16-11;1-2/h3-6H,2H2,1H3;1-2H3. The Bertz CT molecular complexity index is 571. The number of carbonyl (C=O) groups excluding carboxylic acids is 1. The molecule has 1 aromatic carbocycles. The minimum absolute atomic E-state index is 0.0104. The molecule has 0 radical (unpaired) electrons. The molecule has 0 spiro atoms. The Balaban J connectivity index is 0.000000771. The zero-order valence-electron chi connectivity index (χ0n) is 10.6. The van der Waals surface area contributed by atoms with E-state index in [9.17, 15) is 14.9 Å². The first-order valence-corrected chi connectivity index (χ1v) is 5.83. The third-order valence-corrected chi connectivity index (χ3v) is 2.31. The van der Waals surface area contributed by atoms with Crippen molar-refractivity contribution in [3.05, 3.63) is 40.1 Å². The Hall–Kier alpha value is -2.17. The van der Waals surface area contributed by atoms with Gasteiger partial charge in [-0.25, -0.2) is 0 Å². The normalized spacial score (nSPS) is 9.72. The van der Waals surface area contributed by atoms with Gasteiger partial charge in [0, 0.05) is 23.9 Å². The van der Waals surface area contributed by atoms with Crippen LogP contribution >= 0.6 is 0 Å². The van der Waals surface area contributed by atoms with Gasteiger partial charge in [-0.1, -0.05) is 20.8 Å². The summed E-state index contributed by atoms with van der Waals surface area (Å²) in [6, 6.07) is 5.78. The van der Waals surface area contributed by atoms with E-state index in [1.54, 1.807) is 6.92 Å². The summed E-state index contributed by atoms with van der Waals surface area (Å²) < 4.78 is 5.28. The topological polar surface area (TPSA) is 73.3 Å². The molecule has 0 saturated heterocycles. The number of hydrogen-bond acceptors (Lipinski definition) is 4. The van der Waals surface area contributed by atoms with Gasteiger partial charge in [-0.05, 0) is 12.1 Å². The number of nitro groups is 1. The Kier molecular flexibility index (Phi) is 4.59. The van der Waals surface area contributed by atoms with E-state index in [1.165, 1.54) is 24.3 Å². The summed E-state index contributed by atoms with van der Waals surface area (Å²) in [6.07, 6.45) is 0.349. The second-order valence-corrected chi connectivity index (χ2v) is 3.37. The van der Waals surface area contributed by atoms with Crippen LogP contribution in [0.15, 0.2) is 28.7 Å². The van der Waals surface area contributed by atoms with Gasteiger partial charge < -0.3 is 4.42 Å². The van der Waals surface area contributed by atoms with Crippen molar-refractivity contribution in [1.29, 1.82) is 0 Å². The monoisotopic (exact) mass is 249 g/mol. The van der Waals surface area contributed by atoms with E-state index in [0.29, 0.717) is 17.4 Å². The predicted octanol–water partition coefficient (Wildman–Crippen LogP) is 3.96. The number of fused-ring (bicyclic) bond motifs is 1. The Morgan fingerprint density at radius 2 is 2.00 bits per heavy atom. The third-order valence-electron chi connectivity index (χ3n) is 2.31. The number of furan rings is 1. The minimum Gasteiger partial charge on any atom is -0.453 e. The van der Waals surface area contributed by atoms with Crippen LogP contribution < -0.4 is 0 Å². The van der Waals surface area contributed by atoms with Crippen molar-refractivity contribution in [2.75, 3.05) is 0 Å². The first kappa shape index (κ1) is 13.9. The average molecular weight is 249 g/mol. The van der Waals surface area contributed by atoms with Crippen molar-refractivity contribution in [3.63, 3.8) is 0 Å². The van der Waals surface area contributed by atoms with E-state index < -0.39 is 4.92 Å². The second-order valence-electron chi connectivity index (χ2n) is 3.37. The van der Waals surface area contributed by atoms with Gasteiger partial charge in [0.2, 0.25) is 0 Å². The van der Waals surface area contributed by atoms with Crippen LogP contribution in [-0.2, 0) is 0 Å². The molecule has 2 aromatic rings. The van der Waals surface area contributed by atoms with Crippen molar-refractivity contribution in [2.45, 2.75) is 27.2 Å². The summed E-state index contributed by atoms with van der Waals surface area (Å²) in [4.78, 5) is 21.4. The highest BCUT2D eigenvalue weighted by Gasteiger charge is 2.13. The van der Waals surface area contributed by atoms with E-state index in [-0.39, 0.29) is 17.2 Å². The smallest absolute Gasteiger partial charge is 0.270 e. The van der Waals surface area contributed by atoms with Crippen molar-refractivity contribution < 1.29 is 14.1 Å². The van der Waals surface area contributed by atoms with Crippen LogP contribution in [0.25, 0.3) is 11.0 Å². The lowest BCUT2D eigenvalue weighted by molar-refractivity contribution is -0.384. The quantitative estimate of drug-likeness (QED) is 0.468.